The number of halogens is 2. The minimum absolute atomic E-state index is 0.00648. The number of para-hydroxylation sites is 1. The molecular formula is C19H16I2N2O2S. The Morgan fingerprint density at radius 1 is 1.19 bits per heavy atom. The van der Waals surface area contributed by atoms with Gasteiger partial charge in [-0.2, -0.15) is 0 Å². The van der Waals surface area contributed by atoms with Crippen molar-refractivity contribution in [2.45, 2.75) is 19.9 Å². The summed E-state index contributed by atoms with van der Waals surface area (Å²) in [6.45, 7) is 3.93. The summed E-state index contributed by atoms with van der Waals surface area (Å²) in [4.78, 5) is 19.8. The third-order valence-corrected chi connectivity index (χ3v) is 6.11. The Labute approximate surface area is 184 Å². The van der Waals surface area contributed by atoms with Crippen LogP contribution in [0, 0.1) is 7.14 Å². The van der Waals surface area contributed by atoms with E-state index in [9.17, 15) is 9.90 Å². The van der Waals surface area contributed by atoms with E-state index in [4.69, 9.17) is 0 Å². The highest BCUT2D eigenvalue weighted by Gasteiger charge is 2.35. The predicted molar refractivity (Wildman–Crippen MR) is 125 cm³/mol. The zero-order valence-electron chi connectivity index (χ0n) is 14.1. The summed E-state index contributed by atoms with van der Waals surface area (Å²) >= 11 is 5.63. The standard InChI is InChI=1S/C19H16I2N2O2S/c1-11(2)23-18(25)16(9-12-8-13(20)10-15(21)17(12)24)26-19(23)22-14-6-4-3-5-7-14/h3-11,24H,1-2H3/b16-9+,22-19?. The normalized spacial score (nSPS) is 17.7. The van der Waals surface area contributed by atoms with Crippen LogP contribution in [0.25, 0.3) is 6.08 Å². The minimum Gasteiger partial charge on any atom is -0.506 e. The molecule has 134 valence electrons. The van der Waals surface area contributed by atoms with E-state index in [0.29, 0.717) is 15.6 Å². The molecule has 0 aliphatic carbocycles. The Balaban J connectivity index is 2.03. The highest BCUT2D eigenvalue weighted by molar-refractivity contribution is 14.1. The van der Waals surface area contributed by atoms with Crippen LogP contribution in [-0.4, -0.2) is 27.1 Å². The van der Waals surface area contributed by atoms with Crippen molar-refractivity contribution in [1.82, 2.24) is 4.90 Å². The lowest BCUT2D eigenvalue weighted by atomic mass is 10.2. The number of phenolic OH excluding ortho intramolecular Hbond substituents is 1. The van der Waals surface area contributed by atoms with Crippen molar-refractivity contribution < 1.29 is 9.90 Å². The van der Waals surface area contributed by atoms with E-state index in [2.05, 4.69) is 50.2 Å². The fraction of sp³-hybridized carbons (Fsp3) is 0.158. The monoisotopic (exact) mass is 590 g/mol. The molecule has 0 radical (unpaired) electrons. The molecule has 0 bridgehead atoms. The smallest absolute Gasteiger partial charge is 0.266 e. The number of aliphatic imine (C=N–C) groups is 1. The number of hydrogen-bond donors (Lipinski definition) is 1. The van der Waals surface area contributed by atoms with Gasteiger partial charge in [0.25, 0.3) is 5.91 Å². The number of nitrogens with zero attached hydrogens (tertiary/aromatic N) is 2. The summed E-state index contributed by atoms with van der Waals surface area (Å²) < 4.78 is 1.77. The first-order valence-corrected chi connectivity index (χ1v) is 10.9. The van der Waals surface area contributed by atoms with E-state index in [1.807, 2.05) is 56.3 Å². The van der Waals surface area contributed by atoms with Gasteiger partial charge in [0.1, 0.15) is 5.75 Å². The van der Waals surface area contributed by atoms with Gasteiger partial charge in [-0.05, 0) is 101 Å². The molecule has 1 aliphatic rings. The van der Waals surface area contributed by atoms with Crippen LogP contribution in [0.3, 0.4) is 0 Å². The summed E-state index contributed by atoms with van der Waals surface area (Å²) in [6, 6.07) is 13.3. The van der Waals surface area contributed by atoms with E-state index < -0.39 is 0 Å². The Morgan fingerprint density at radius 2 is 1.88 bits per heavy atom. The third kappa shape index (κ3) is 4.25. The van der Waals surface area contributed by atoms with Gasteiger partial charge < -0.3 is 5.11 Å². The van der Waals surface area contributed by atoms with Crippen molar-refractivity contribution in [1.29, 1.82) is 0 Å². The number of rotatable bonds is 3. The Hall–Kier alpha value is -1.07. The second kappa shape index (κ2) is 8.30. The maximum atomic E-state index is 12.9. The number of carbonyl (C=O) groups is 1. The van der Waals surface area contributed by atoms with Gasteiger partial charge in [-0.1, -0.05) is 18.2 Å². The summed E-state index contributed by atoms with van der Waals surface area (Å²) in [6.07, 6.45) is 1.75. The quantitative estimate of drug-likeness (QED) is 0.374. The number of carbonyl (C=O) groups excluding carboxylic acids is 1. The van der Waals surface area contributed by atoms with E-state index in [0.717, 1.165) is 12.8 Å². The number of benzene rings is 2. The van der Waals surface area contributed by atoms with E-state index in [-0.39, 0.29) is 17.7 Å². The summed E-state index contributed by atoms with van der Waals surface area (Å²) in [7, 11) is 0. The molecule has 2 aromatic rings. The maximum absolute atomic E-state index is 12.9. The van der Waals surface area contributed by atoms with Crippen LogP contribution < -0.4 is 0 Å². The lowest BCUT2D eigenvalue weighted by Gasteiger charge is -2.19. The topological polar surface area (TPSA) is 52.9 Å². The largest absolute Gasteiger partial charge is 0.506 e. The highest BCUT2D eigenvalue weighted by Crippen LogP contribution is 2.37. The zero-order valence-corrected chi connectivity index (χ0v) is 19.2. The van der Waals surface area contributed by atoms with E-state index in [1.54, 1.807) is 11.0 Å². The Kier molecular flexibility index (Phi) is 6.29. The van der Waals surface area contributed by atoms with Gasteiger partial charge in [0.2, 0.25) is 0 Å². The molecule has 1 heterocycles. The van der Waals surface area contributed by atoms with Crippen LogP contribution in [0.15, 0.2) is 52.4 Å². The zero-order chi connectivity index (χ0) is 18.8. The van der Waals surface area contributed by atoms with Crippen LogP contribution in [0.5, 0.6) is 5.75 Å². The van der Waals surface area contributed by atoms with E-state index >= 15 is 0 Å². The van der Waals surface area contributed by atoms with Crippen LogP contribution in [0.2, 0.25) is 0 Å². The Morgan fingerprint density at radius 3 is 2.54 bits per heavy atom. The van der Waals surface area contributed by atoms with Crippen molar-refractivity contribution >= 4 is 79.8 Å². The first-order valence-electron chi connectivity index (χ1n) is 7.91. The SMILES string of the molecule is CC(C)N1C(=O)/C(=C\c2cc(I)cc(I)c2O)SC1=Nc1ccccc1. The van der Waals surface area contributed by atoms with Crippen LogP contribution in [0.1, 0.15) is 19.4 Å². The van der Waals surface area contributed by atoms with Gasteiger partial charge in [-0.25, -0.2) is 4.99 Å². The molecule has 0 unspecified atom stereocenters. The second-order valence-electron chi connectivity index (χ2n) is 5.93. The summed E-state index contributed by atoms with van der Waals surface area (Å²) in [5.74, 6) is 0.101. The van der Waals surface area contributed by atoms with Crippen LogP contribution in [0.4, 0.5) is 5.69 Å². The number of thioether (sulfide) groups is 1. The van der Waals surface area contributed by atoms with Crippen molar-refractivity contribution in [2.75, 3.05) is 0 Å². The first kappa shape index (κ1) is 19.7. The average molecular weight is 590 g/mol. The van der Waals surface area contributed by atoms with Gasteiger partial charge in [0, 0.05) is 15.2 Å². The highest BCUT2D eigenvalue weighted by atomic mass is 127. The fourth-order valence-electron chi connectivity index (χ4n) is 2.47. The first-order chi connectivity index (χ1) is 12.4. The predicted octanol–water partition coefficient (Wildman–Crippen LogP) is 5.61. The molecule has 0 spiro atoms. The number of hydrogen-bond acceptors (Lipinski definition) is 4. The molecule has 2 aromatic carbocycles. The fourth-order valence-corrected chi connectivity index (χ4v) is 5.47. The summed E-state index contributed by atoms with van der Waals surface area (Å²) in [5, 5.41) is 11.0. The molecule has 0 saturated carbocycles. The Bertz CT molecular complexity index is 911. The number of phenols is 1. The average Bonchev–Trinajstić information content (AvgIpc) is 2.88. The summed E-state index contributed by atoms with van der Waals surface area (Å²) in [5.41, 5.74) is 1.45. The van der Waals surface area contributed by atoms with Crippen molar-refractivity contribution in [3.8, 4) is 5.75 Å². The van der Waals surface area contributed by atoms with Crippen LogP contribution in [-0.2, 0) is 4.79 Å². The number of amides is 1. The molecule has 0 atom stereocenters. The lowest BCUT2D eigenvalue weighted by Crippen LogP contribution is -2.35. The second-order valence-corrected chi connectivity index (χ2v) is 9.35. The molecule has 3 rings (SSSR count). The number of amidine groups is 1. The van der Waals surface area contributed by atoms with Gasteiger partial charge in [0.15, 0.2) is 5.17 Å². The molecule has 1 amide bonds. The molecule has 4 nitrogen and oxygen atoms in total. The molecular weight excluding hydrogens is 574 g/mol. The van der Waals surface area contributed by atoms with Crippen LogP contribution >= 0.6 is 56.9 Å². The maximum Gasteiger partial charge on any atom is 0.266 e. The van der Waals surface area contributed by atoms with E-state index in [1.165, 1.54) is 11.8 Å². The molecule has 1 saturated heterocycles. The molecule has 7 heteroatoms. The van der Waals surface area contributed by atoms with Crippen molar-refractivity contribution in [3.05, 3.63) is 60.1 Å². The number of aromatic hydroxyl groups is 1. The van der Waals surface area contributed by atoms with Gasteiger partial charge in [-0.3, -0.25) is 9.69 Å². The molecule has 1 aliphatic heterocycles. The van der Waals surface area contributed by atoms with Gasteiger partial charge in [0.05, 0.1) is 14.2 Å². The van der Waals surface area contributed by atoms with Gasteiger partial charge >= 0.3 is 0 Å². The molecule has 1 N–H and O–H groups in total. The molecule has 1 fully saturated rings. The van der Waals surface area contributed by atoms with Crippen molar-refractivity contribution in [2.24, 2.45) is 4.99 Å². The van der Waals surface area contributed by atoms with Crippen molar-refractivity contribution in [3.63, 3.8) is 0 Å². The minimum atomic E-state index is -0.0899. The van der Waals surface area contributed by atoms with Gasteiger partial charge in [-0.15, -0.1) is 0 Å². The molecule has 26 heavy (non-hydrogen) atoms. The lowest BCUT2D eigenvalue weighted by molar-refractivity contribution is -0.123. The third-order valence-electron chi connectivity index (χ3n) is 3.68. The molecule has 0 aromatic heterocycles.